The summed E-state index contributed by atoms with van der Waals surface area (Å²) < 4.78 is 0. The fourth-order valence-electron chi connectivity index (χ4n) is 3.75. The van der Waals surface area contributed by atoms with Crippen LogP contribution in [0.15, 0.2) is 0 Å². The van der Waals surface area contributed by atoms with E-state index in [1.165, 1.54) is 25.7 Å². The minimum atomic E-state index is -0.851. The molecular weight excluding hydrogens is 242 g/mol. The van der Waals surface area contributed by atoms with Crippen LogP contribution in [-0.2, 0) is 9.59 Å². The lowest BCUT2D eigenvalue weighted by Crippen LogP contribution is -2.37. The fourth-order valence-corrected chi connectivity index (χ4v) is 3.75. The fraction of sp³-hybridized carbons (Fsp3) is 0.867. The minimum absolute atomic E-state index is 0.0721. The van der Waals surface area contributed by atoms with Gasteiger partial charge in [0.2, 0.25) is 5.91 Å². The molecule has 1 amide bonds. The number of carbonyl (C=O) groups is 2. The second kappa shape index (κ2) is 4.80. The maximum absolute atomic E-state index is 12.2. The van der Waals surface area contributed by atoms with Crippen LogP contribution in [0, 0.1) is 22.7 Å². The molecule has 4 heteroatoms. The van der Waals surface area contributed by atoms with Crippen molar-refractivity contribution in [2.75, 3.05) is 6.54 Å². The Hall–Kier alpha value is -1.06. The summed E-state index contributed by atoms with van der Waals surface area (Å²) in [5.74, 6) is -1.80. The number of hydrogen-bond acceptors (Lipinski definition) is 2. The topological polar surface area (TPSA) is 66.4 Å². The first-order chi connectivity index (χ1) is 8.84. The summed E-state index contributed by atoms with van der Waals surface area (Å²) in [6.45, 7) is 6.61. The Balaban J connectivity index is 1.91. The van der Waals surface area contributed by atoms with E-state index in [1.807, 2.05) is 13.8 Å². The van der Waals surface area contributed by atoms with E-state index in [9.17, 15) is 9.59 Å². The molecule has 0 aromatic rings. The maximum atomic E-state index is 12.2. The molecule has 0 unspecified atom stereocenters. The Morgan fingerprint density at radius 2 is 1.79 bits per heavy atom. The van der Waals surface area contributed by atoms with E-state index >= 15 is 0 Å². The van der Waals surface area contributed by atoms with E-state index in [1.54, 1.807) is 0 Å². The maximum Gasteiger partial charge on any atom is 0.307 e. The molecule has 2 rings (SSSR count). The van der Waals surface area contributed by atoms with Gasteiger partial charge in [-0.15, -0.1) is 0 Å². The number of amides is 1. The van der Waals surface area contributed by atoms with Crippen molar-refractivity contribution in [3.8, 4) is 0 Å². The third-order valence-corrected chi connectivity index (χ3v) is 5.43. The average molecular weight is 267 g/mol. The summed E-state index contributed by atoms with van der Waals surface area (Å²) in [5, 5.41) is 12.1. The summed E-state index contributed by atoms with van der Waals surface area (Å²) in [6, 6.07) is 0. The predicted octanol–water partition coefficient (Wildman–Crippen LogP) is 2.43. The monoisotopic (exact) mass is 267 g/mol. The quantitative estimate of drug-likeness (QED) is 0.804. The van der Waals surface area contributed by atoms with Crippen molar-refractivity contribution in [1.82, 2.24) is 5.32 Å². The van der Waals surface area contributed by atoms with Crippen LogP contribution in [0.1, 0.15) is 52.9 Å². The van der Waals surface area contributed by atoms with Crippen LogP contribution in [-0.4, -0.2) is 23.5 Å². The number of rotatable bonds is 5. The summed E-state index contributed by atoms with van der Waals surface area (Å²) in [4.78, 5) is 23.3. The first kappa shape index (κ1) is 14.4. The number of carboxylic acid groups (broad SMARTS) is 1. The second-order valence-corrected chi connectivity index (χ2v) is 6.89. The highest BCUT2D eigenvalue weighted by Crippen LogP contribution is 2.58. The SMILES string of the molecule is CCC1(CNC(=O)[C@H]2[C@@H](C(=O)O)C2(C)C)CCCC1. The molecule has 0 heterocycles. The van der Waals surface area contributed by atoms with Gasteiger partial charge in [0.1, 0.15) is 0 Å². The molecule has 0 aromatic heterocycles. The first-order valence-electron chi connectivity index (χ1n) is 7.34. The summed E-state index contributed by atoms with van der Waals surface area (Å²) in [5.41, 5.74) is -0.140. The Morgan fingerprint density at radius 1 is 1.21 bits per heavy atom. The third-order valence-electron chi connectivity index (χ3n) is 5.43. The van der Waals surface area contributed by atoms with Crippen molar-refractivity contribution in [3.05, 3.63) is 0 Å². The Labute approximate surface area is 115 Å². The van der Waals surface area contributed by atoms with Gasteiger partial charge in [-0.3, -0.25) is 9.59 Å². The zero-order valence-electron chi connectivity index (χ0n) is 12.2. The average Bonchev–Trinajstić information content (AvgIpc) is 2.74. The molecule has 4 nitrogen and oxygen atoms in total. The summed E-state index contributed by atoms with van der Waals surface area (Å²) in [7, 11) is 0. The normalized spacial score (nSPS) is 30.9. The molecule has 19 heavy (non-hydrogen) atoms. The molecule has 0 aliphatic heterocycles. The van der Waals surface area contributed by atoms with E-state index in [-0.39, 0.29) is 17.2 Å². The van der Waals surface area contributed by atoms with E-state index in [4.69, 9.17) is 5.11 Å². The Bertz CT molecular complexity index is 383. The van der Waals surface area contributed by atoms with Gasteiger partial charge < -0.3 is 10.4 Å². The molecule has 2 atom stereocenters. The van der Waals surface area contributed by atoms with Gasteiger partial charge in [0, 0.05) is 6.54 Å². The zero-order chi connectivity index (χ0) is 14.3. The smallest absolute Gasteiger partial charge is 0.307 e. The molecule has 0 bridgehead atoms. The van der Waals surface area contributed by atoms with Crippen LogP contribution in [0.25, 0.3) is 0 Å². The van der Waals surface area contributed by atoms with Crippen LogP contribution >= 0.6 is 0 Å². The molecular formula is C15H25NO3. The first-order valence-corrected chi connectivity index (χ1v) is 7.34. The summed E-state index contributed by atoms with van der Waals surface area (Å²) in [6.07, 6.45) is 5.94. The van der Waals surface area contributed by atoms with Crippen molar-refractivity contribution in [1.29, 1.82) is 0 Å². The highest BCUT2D eigenvalue weighted by Gasteiger charge is 2.65. The van der Waals surface area contributed by atoms with Gasteiger partial charge in [0.15, 0.2) is 0 Å². The molecule has 0 aromatic carbocycles. The third kappa shape index (κ3) is 2.49. The number of hydrogen-bond donors (Lipinski definition) is 2. The molecule has 0 spiro atoms. The van der Waals surface area contributed by atoms with Crippen LogP contribution in [0.4, 0.5) is 0 Å². The largest absolute Gasteiger partial charge is 0.481 e. The van der Waals surface area contributed by atoms with Gasteiger partial charge in [-0.25, -0.2) is 0 Å². The number of carbonyl (C=O) groups excluding carboxylic acids is 1. The van der Waals surface area contributed by atoms with E-state index in [0.717, 1.165) is 6.42 Å². The molecule has 0 radical (unpaired) electrons. The lowest BCUT2D eigenvalue weighted by Gasteiger charge is -2.27. The highest BCUT2D eigenvalue weighted by atomic mass is 16.4. The molecule has 2 fully saturated rings. The molecule has 2 aliphatic carbocycles. The van der Waals surface area contributed by atoms with Crippen LogP contribution < -0.4 is 5.32 Å². The lowest BCUT2D eigenvalue weighted by molar-refractivity contribution is -0.140. The Morgan fingerprint density at radius 3 is 2.21 bits per heavy atom. The predicted molar refractivity (Wildman–Crippen MR) is 72.6 cm³/mol. The standard InChI is InChI=1S/C15H25NO3/c1-4-15(7-5-6-8-15)9-16-12(17)10-11(13(18)19)14(10,2)3/h10-11H,4-9H2,1-3H3,(H,16,17)(H,18,19)/t10-,11+/m1/s1. The van der Waals surface area contributed by atoms with Crippen LogP contribution in [0.5, 0.6) is 0 Å². The Kier molecular flexibility index (Phi) is 3.63. The van der Waals surface area contributed by atoms with Crippen molar-refractivity contribution >= 4 is 11.9 Å². The van der Waals surface area contributed by atoms with Gasteiger partial charge in [-0.1, -0.05) is 33.6 Å². The zero-order valence-corrected chi connectivity index (χ0v) is 12.2. The van der Waals surface area contributed by atoms with Crippen molar-refractivity contribution in [2.24, 2.45) is 22.7 Å². The van der Waals surface area contributed by atoms with E-state index in [2.05, 4.69) is 12.2 Å². The molecule has 2 aliphatic rings. The van der Waals surface area contributed by atoms with Crippen LogP contribution in [0.3, 0.4) is 0 Å². The molecule has 108 valence electrons. The van der Waals surface area contributed by atoms with Gasteiger partial charge >= 0.3 is 5.97 Å². The van der Waals surface area contributed by atoms with Gasteiger partial charge in [-0.05, 0) is 30.1 Å². The van der Waals surface area contributed by atoms with E-state index < -0.39 is 17.3 Å². The van der Waals surface area contributed by atoms with Crippen molar-refractivity contribution < 1.29 is 14.7 Å². The van der Waals surface area contributed by atoms with Gasteiger partial charge in [0.05, 0.1) is 11.8 Å². The van der Waals surface area contributed by atoms with Gasteiger partial charge in [-0.2, -0.15) is 0 Å². The summed E-state index contributed by atoms with van der Waals surface area (Å²) >= 11 is 0. The number of aliphatic carboxylic acids is 1. The molecule has 2 saturated carbocycles. The van der Waals surface area contributed by atoms with Crippen molar-refractivity contribution in [3.63, 3.8) is 0 Å². The van der Waals surface area contributed by atoms with Gasteiger partial charge in [0.25, 0.3) is 0 Å². The highest BCUT2D eigenvalue weighted by molar-refractivity contribution is 5.91. The number of carboxylic acids is 1. The second-order valence-electron chi connectivity index (χ2n) is 6.89. The number of nitrogens with one attached hydrogen (secondary N) is 1. The minimum Gasteiger partial charge on any atom is -0.481 e. The molecule has 0 saturated heterocycles. The van der Waals surface area contributed by atoms with E-state index in [0.29, 0.717) is 6.54 Å². The van der Waals surface area contributed by atoms with Crippen molar-refractivity contribution in [2.45, 2.75) is 52.9 Å². The molecule has 2 N–H and O–H groups in total. The lowest BCUT2D eigenvalue weighted by atomic mass is 9.83. The van der Waals surface area contributed by atoms with Crippen LogP contribution in [0.2, 0.25) is 0 Å².